The summed E-state index contributed by atoms with van der Waals surface area (Å²) in [6.45, 7) is 5.84. The fourth-order valence-electron chi connectivity index (χ4n) is 4.14. The Hall–Kier alpha value is -3.57. The minimum Gasteiger partial charge on any atom is -0.455 e. The first-order valence-corrected chi connectivity index (χ1v) is 10.8. The molecule has 0 saturated heterocycles. The van der Waals surface area contributed by atoms with Crippen molar-refractivity contribution < 1.29 is 4.42 Å². The SMILES string of the molecule is Cc1cc([C@@H](C)Nc2ccc(Cl)nc2)c2oc(-c3ccc4cc[nH]c4c3)c(C)c(=O)c2c1. The largest absolute Gasteiger partial charge is 0.455 e. The Morgan fingerprint density at radius 3 is 2.72 bits per heavy atom. The number of hydrogen-bond acceptors (Lipinski definition) is 4. The van der Waals surface area contributed by atoms with E-state index >= 15 is 0 Å². The van der Waals surface area contributed by atoms with Gasteiger partial charge in [0.15, 0.2) is 5.43 Å². The molecule has 3 heterocycles. The summed E-state index contributed by atoms with van der Waals surface area (Å²) in [4.78, 5) is 20.7. The first kappa shape index (κ1) is 20.3. The Bertz CT molecular complexity index is 1520. The van der Waals surface area contributed by atoms with Crippen LogP contribution in [0.4, 0.5) is 5.69 Å². The maximum absolute atomic E-state index is 13.3. The van der Waals surface area contributed by atoms with Crippen LogP contribution in [0.2, 0.25) is 5.15 Å². The molecule has 2 aromatic carbocycles. The fraction of sp³-hybridized carbons (Fsp3) is 0.154. The van der Waals surface area contributed by atoms with E-state index in [-0.39, 0.29) is 11.5 Å². The Morgan fingerprint density at radius 1 is 1.09 bits per heavy atom. The number of nitrogens with zero attached hydrogens (tertiary/aromatic N) is 1. The lowest BCUT2D eigenvalue weighted by Gasteiger charge is -2.18. The third kappa shape index (κ3) is 3.55. The van der Waals surface area contributed by atoms with E-state index in [9.17, 15) is 4.79 Å². The van der Waals surface area contributed by atoms with Crippen molar-refractivity contribution in [2.75, 3.05) is 5.32 Å². The van der Waals surface area contributed by atoms with Crippen molar-refractivity contribution in [2.45, 2.75) is 26.8 Å². The summed E-state index contributed by atoms with van der Waals surface area (Å²) in [5, 5.41) is 5.57. The van der Waals surface area contributed by atoms with Crippen molar-refractivity contribution in [1.82, 2.24) is 9.97 Å². The topological polar surface area (TPSA) is 70.9 Å². The highest BCUT2D eigenvalue weighted by Gasteiger charge is 2.19. The van der Waals surface area contributed by atoms with Gasteiger partial charge in [0.25, 0.3) is 0 Å². The van der Waals surface area contributed by atoms with Gasteiger partial charge < -0.3 is 14.7 Å². The van der Waals surface area contributed by atoms with E-state index in [0.717, 1.165) is 33.3 Å². The number of H-pyrrole nitrogens is 1. The highest BCUT2D eigenvalue weighted by atomic mass is 35.5. The number of halogens is 1. The molecule has 32 heavy (non-hydrogen) atoms. The van der Waals surface area contributed by atoms with Crippen LogP contribution < -0.4 is 10.7 Å². The maximum atomic E-state index is 13.3. The lowest BCUT2D eigenvalue weighted by molar-refractivity contribution is 0.605. The number of nitrogens with one attached hydrogen (secondary N) is 2. The number of aromatic amines is 1. The number of pyridine rings is 1. The van der Waals surface area contributed by atoms with Crippen molar-refractivity contribution in [3.8, 4) is 11.3 Å². The molecule has 3 aromatic heterocycles. The second-order valence-electron chi connectivity index (χ2n) is 8.13. The number of anilines is 1. The quantitative estimate of drug-likeness (QED) is 0.300. The molecule has 0 spiro atoms. The zero-order chi connectivity index (χ0) is 22.4. The molecular formula is C26H22ClN3O2. The smallest absolute Gasteiger partial charge is 0.196 e. The molecule has 0 aliphatic rings. The zero-order valence-corrected chi connectivity index (χ0v) is 18.7. The highest BCUT2D eigenvalue weighted by molar-refractivity contribution is 6.29. The van der Waals surface area contributed by atoms with Crippen LogP contribution >= 0.6 is 11.6 Å². The van der Waals surface area contributed by atoms with Gasteiger partial charge in [-0.3, -0.25) is 4.79 Å². The predicted molar refractivity (Wildman–Crippen MR) is 131 cm³/mol. The molecule has 0 radical (unpaired) electrons. The third-order valence-corrected chi connectivity index (χ3v) is 6.01. The van der Waals surface area contributed by atoms with Gasteiger partial charge in [-0.25, -0.2) is 4.98 Å². The van der Waals surface area contributed by atoms with E-state index in [2.05, 4.69) is 21.4 Å². The standard InChI is InChI=1S/C26H22ClN3O2/c1-14-10-20(16(3)30-19-6-7-23(27)29-13-19)26-21(11-14)24(31)15(2)25(32-26)18-5-4-17-8-9-28-22(17)12-18/h4-13,16,28,30H,1-3H3/t16-/m1/s1. The summed E-state index contributed by atoms with van der Waals surface area (Å²) in [6, 6.07) is 15.5. The molecule has 0 aliphatic heterocycles. The zero-order valence-electron chi connectivity index (χ0n) is 18.0. The Kier molecular flexibility index (Phi) is 4.98. The van der Waals surface area contributed by atoms with Crippen LogP contribution in [0.3, 0.4) is 0 Å². The molecular weight excluding hydrogens is 422 g/mol. The first-order valence-electron chi connectivity index (χ1n) is 10.4. The summed E-state index contributed by atoms with van der Waals surface area (Å²) in [5.74, 6) is 0.587. The second-order valence-corrected chi connectivity index (χ2v) is 8.52. The third-order valence-electron chi connectivity index (χ3n) is 5.79. The lowest BCUT2D eigenvalue weighted by atomic mass is 9.98. The number of benzene rings is 2. The van der Waals surface area contributed by atoms with Gasteiger partial charge in [0.2, 0.25) is 0 Å². The first-order chi connectivity index (χ1) is 15.4. The van der Waals surface area contributed by atoms with Gasteiger partial charge in [-0.15, -0.1) is 0 Å². The molecule has 0 saturated carbocycles. The second kappa shape index (κ2) is 7.84. The normalized spacial score (nSPS) is 12.4. The van der Waals surface area contributed by atoms with E-state index in [0.29, 0.717) is 27.4 Å². The molecule has 5 nitrogen and oxygen atoms in total. The number of fused-ring (bicyclic) bond motifs is 2. The minimum atomic E-state index is -0.120. The number of aromatic nitrogens is 2. The summed E-state index contributed by atoms with van der Waals surface area (Å²) in [6.07, 6.45) is 3.59. The molecule has 6 heteroatoms. The highest BCUT2D eigenvalue weighted by Crippen LogP contribution is 2.33. The predicted octanol–water partition coefficient (Wildman–Crippen LogP) is 6.78. The average Bonchev–Trinajstić information content (AvgIpc) is 3.25. The maximum Gasteiger partial charge on any atom is 0.196 e. The van der Waals surface area contributed by atoms with Crippen molar-refractivity contribution in [3.05, 3.63) is 93.0 Å². The van der Waals surface area contributed by atoms with Crippen molar-refractivity contribution >= 4 is 39.2 Å². The monoisotopic (exact) mass is 443 g/mol. The van der Waals surface area contributed by atoms with Gasteiger partial charge in [-0.2, -0.15) is 0 Å². The molecule has 0 fully saturated rings. The van der Waals surface area contributed by atoms with Gasteiger partial charge in [-0.05, 0) is 62.1 Å². The number of rotatable bonds is 4. The van der Waals surface area contributed by atoms with E-state index in [1.807, 2.05) is 63.4 Å². The van der Waals surface area contributed by atoms with E-state index in [1.165, 1.54) is 0 Å². The molecule has 5 aromatic rings. The van der Waals surface area contributed by atoms with Crippen LogP contribution in [0, 0.1) is 13.8 Å². The van der Waals surface area contributed by atoms with Crippen LogP contribution in [0.1, 0.15) is 29.7 Å². The van der Waals surface area contributed by atoms with E-state index < -0.39 is 0 Å². The molecule has 0 amide bonds. The van der Waals surface area contributed by atoms with E-state index in [4.69, 9.17) is 16.0 Å². The molecule has 5 rings (SSSR count). The average molecular weight is 444 g/mol. The van der Waals surface area contributed by atoms with Crippen molar-refractivity contribution in [3.63, 3.8) is 0 Å². The van der Waals surface area contributed by atoms with Gasteiger partial charge in [-0.1, -0.05) is 29.8 Å². The molecule has 0 bridgehead atoms. The van der Waals surface area contributed by atoms with Gasteiger partial charge in [0.05, 0.1) is 23.3 Å². The molecule has 1 atom stereocenters. The Morgan fingerprint density at radius 2 is 1.94 bits per heavy atom. The molecule has 0 aliphatic carbocycles. The van der Waals surface area contributed by atoms with Crippen LogP contribution in [0.15, 0.2) is 70.1 Å². The van der Waals surface area contributed by atoms with Crippen LogP contribution in [-0.4, -0.2) is 9.97 Å². The fourth-order valence-corrected chi connectivity index (χ4v) is 4.25. The summed E-state index contributed by atoms with van der Waals surface area (Å²) in [5.41, 5.74) is 5.79. The summed E-state index contributed by atoms with van der Waals surface area (Å²) < 4.78 is 6.46. The molecule has 2 N–H and O–H groups in total. The summed E-state index contributed by atoms with van der Waals surface area (Å²) >= 11 is 5.91. The minimum absolute atomic E-state index is 0.0156. The Labute approximate surface area is 190 Å². The van der Waals surface area contributed by atoms with E-state index in [1.54, 1.807) is 12.3 Å². The van der Waals surface area contributed by atoms with Gasteiger partial charge in [0, 0.05) is 28.4 Å². The van der Waals surface area contributed by atoms with Gasteiger partial charge >= 0.3 is 0 Å². The number of aryl methyl sites for hydroxylation is 1. The van der Waals surface area contributed by atoms with Crippen LogP contribution in [-0.2, 0) is 0 Å². The van der Waals surface area contributed by atoms with Crippen LogP contribution in [0.5, 0.6) is 0 Å². The van der Waals surface area contributed by atoms with Crippen molar-refractivity contribution in [1.29, 1.82) is 0 Å². The van der Waals surface area contributed by atoms with Crippen molar-refractivity contribution in [2.24, 2.45) is 0 Å². The van der Waals surface area contributed by atoms with Gasteiger partial charge in [0.1, 0.15) is 16.5 Å². The van der Waals surface area contributed by atoms with Crippen LogP contribution in [0.25, 0.3) is 33.2 Å². The summed E-state index contributed by atoms with van der Waals surface area (Å²) in [7, 11) is 0. The molecule has 0 unspecified atom stereocenters. The Balaban J connectivity index is 1.67. The lowest BCUT2D eigenvalue weighted by Crippen LogP contribution is -2.12. The number of hydrogen-bond donors (Lipinski definition) is 2. The molecule has 160 valence electrons.